The molecule has 0 bridgehead atoms. The molecule has 1 aromatic rings. The van der Waals surface area contributed by atoms with Crippen molar-refractivity contribution in [3.05, 3.63) is 24.0 Å². The zero-order chi connectivity index (χ0) is 8.60. The first-order chi connectivity index (χ1) is 5.71. The highest BCUT2D eigenvalue weighted by molar-refractivity contribution is 6.20. The third-order valence-electron chi connectivity index (χ3n) is 2.93. The van der Waals surface area contributed by atoms with Crippen molar-refractivity contribution in [1.82, 2.24) is 4.98 Å². The van der Waals surface area contributed by atoms with Crippen molar-refractivity contribution in [2.75, 3.05) is 0 Å². The summed E-state index contributed by atoms with van der Waals surface area (Å²) < 4.78 is 0. The van der Waals surface area contributed by atoms with Crippen LogP contribution in [-0.4, -0.2) is 10.4 Å². The number of aromatic amines is 1. The van der Waals surface area contributed by atoms with Gasteiger partial charge >= 0.3 is 0 Å². The molecule has 1 fully saturated rings. The van der Waals surface area contributed by atoms with Gasteiger partial charge in [0, 0.05) is 22.7 Å². The lowest BCUT2D eigenvalue weighted by Gasteiger charge is -2.21. The average molecular weight is 184 g/mol. The molecule has 0 aliphatic heterocycles. The Morgan fingerprint density at radius 2 is 2.50 bits per heavy atom. The minimum atomic E-state index is 0.302. The zero-order valence-corrected chi connectivity index (χ0v) is 8.06. The van der Waals surface area contributed by atoms with E-state index >= 15 is 0 Å². The predicted molar refractivity (Wildman–Crippen MR) is 51.6 cm³/mol. The maximum Gasteiger partial charge on any atom is 0.0345 e. The standard InChI is InChI=1S/C10H14ClN/c1-10(5-4-8(11)7-10)9-3-2-6-12-9/h2-3,6,8,12H,4-5,7H2,1H3. The largest absolute Gasteiger partial charge is 0.365 e. The van der Waals surface area contributed by atoms with Gasteiger partial charge in [-0.3, -0.25) is 0 Å². The molecule has 1 N–H and O–H groups in total. The second kappa shape index (κ2) is 2.81. The smallest absolute Gasteiger partial charge is 0.0345 e. The van der Waals surface area contributed by atoms with E-state index in [4.69, 9.17) is 11.6 Å². The van der Waals surface area contributed by atoms with Gasteiger partial charge in [-0.1, -0.05) is 6.92 Å². The summed E-state index contributed by atoms with van der Waals surface area (Å²) in [5, 5.41) is 0.373. The molecule has 2 unspecified atom stereocenters. The summed E-state index contributed by atoms with van der Waals surface area (Å²) in [6.07, 6.45) is 5.45. The van der Waals surface area contributed by atoms with Crippen molar-refractivity contribution in [1.29, 1.82) is 0 Å². The number of rotatable bonds is 1. The van der Waals surface area contributed by atoms with Gasteiger partial charge < -0.3 is 4.98 Å². The Balaban J connectivity index is 2.23. The molecular formula is C10H14ClN. The molecule has 0 saturated heterocycles. The normalized spacial score (nSPS) is 35.7. The Labute approximate surface area is 78.1 Å². The summed E-state index contributed by atoms with van der Waals surface area (Å²) in [5.74, 6) is 0. The maximum absolute atomic E-state index is 6.10. The van der Waals surface area contributed by atoms with Crippen molar-refractivity contribution in [2.24, 2.45) is 0 Å². The number of hydrogen-bond acceptors (Lipinski definition) is 0. The Morgan fingerprint density at radius 1 is 1.67 bits per heavy atom. The Morgan fingerprint density at radius 3 is 3.00 bits per heavy atom. The molecule has 1 aliphatic carbocycles. The van der Waals surface area contributed by atoms with Crippen molar-refractivity contribution in [3.8, 4) is 0 Å². The lowest BCUT2D eigenvalue weighted by Crippen LogP contribution is -2.18. The van der Waals surface area contributed by atoms with E-state index < -0.39 is 0 Å². The van der Waals surface area contributed by atoms with Gasteiger partial charge in [-0.2, -0.15) is 0 Å². The summed E-state index contributed by atoms with van der Waals surface area (Å²) >= 11 is 6.10. The van der Waals surface area contributed by atoms with E-state index in [-0.39, 0.29) is 0 Å². The zero-order valence-electron chi connectivity index (χ0n) is 7.31. The second-order valence-electron chi connectivity index (χ2n) is 3.98. The number of hydrogen-bond donors (Lipinski definition) is 1. The summed E-state index contributed by atoms with van der Waals surface area (Å²) in [6, 6.07) is 4.22. The van der Waals surface area contributed by atoms with Crippen LogP contribution < -0.4 is 0 Å². The van der Waals surface area contributed by atoms with E-state index in [1.807, 2.05) is 6.20 Å². The molecule has 12 heavy (non-hydrogen) atoms. The molecule has 1 aromatic heterocycles. The van der Waals surface area contributed by atoms with Gasteiger partial charge in [-0.25, -0.2) is 0 Å². The maximum atomic E-state index is 6.10. The molecule has 0 radical (unpaired) electrons. The average Bonchev–Trinajstić information content (AvgIpc) is 2.59. The quantitative estimate of drug-likeness (QED) is 0.645. The number of aromatic nitrogens is 1. The summed E-state index contributed by atoms with van der Waals surface area (Å²) in [5.41, 5.74) is 1.64. The van der Waals surface area contributed by atoms with Crippen molar-refractivity contribution < 1.29 is 0 Å². The number of H-pyrrole nitrogens is 1. The van der Waals surface area contributed by atoms with E-state index in [2.05, 4.69) is 24.0 Å². The van der Waals surface area contributed by atoms with Crippen LogP contribution in [0.15, 0.2) is 18.3 Å². The summed E-state index contributed by atoms with van der Waals surface area (Å²) in [7, 11) is 0. The third kappa shape index (κ3) is 1.27. The molecule has 1 heterocycles. The lowest BCUT2D eigenvalue weighted by atomic mass is 9.85. The molecule has 2 atom stereocenters. The monoisotopic (exact) mass is 183 g/mol. The SMILES string of the molecule is CC1(c2ccc[nH]2)CCC(Cl)C1. The molecule has 0 amide bonds. The number of halogens is 1. The van der Waals surface area contributed by atoms with E-state index in [1.54, 1.807) is 0 Å². The molecule has 1 nitrogen and oxygen atoms in total. The van der Waals surface area contributed by atoms with Crippen LogP contribution >= 0.6 is 11.6 Å². The van der Waals surface area contributed by atoms with Crippen LogP contribution in [0.3, 0.4) is 0 Å². The topological polar surface area (TPSA) is 15.8 Å². The van der Waals surface area contributed by atoms with Gasteiger partial charge in [0.1, 0.15) is 0 Å². The molecule has 2 rings (SSSR count). The van der Waals surface area contributed by atoms with Gasteiger partial charge in [-0.15, -0.1) is 11.6 Å². The minimum Gasteiger partial charge on any atom is -0.365 e. The Hall–Kier alpha value is -0.430. The Kier molecular flexibility index (Phi) is 1.91. The fourth-order valence-corrected chi connectivity index (χ4v) is 2.57. The highest BCUT2D eigenvalue weighted by atomic mass is 35.5. The van der Waals surface area contributed by atoms with Crippen LogP contribution in [0.4, 0.5) is 0 Å². The van der Waals surface area contributed by atoms with E-state index in [9.17, 15) is 0 Å². The fourth-order valence-electron chi connectivity index (χ4n) is 2.12. The molecule has 0 spiro atoms. The predicted octanol–water partition coefficient (Wildman–Crippen LogP) is 3.06. The third-order valence-corrected chi connectivity index (χ3v) is 3.30. The van der Waals surface area contributed by atoms with Crippen LogP contribution in [0.1, 0.15) is 31.9 Å². The summed E-state index contributed by atoms with van der Waals surface area (Å²) in [4.78, 5) is 3.28. The molecular weight excluding hydrogens is 170 g/mol. The van der Waals surface area contributed by atoms with E-state index in [1.165, 1.54) is 12.1 Å². The molecule has 1 saturated carbocycles. The van der Waals surface area contributed by atoms with Crippen LogP contribution in [0.25, 0.3) is 0 Å². The van der Waals surface area contributed by atoms with Gasteiger partial charge in [0.05, 0.1) is 0 Å². The van der Waals surface area contributed by atoms with Crippen LogP contribution in [0, 0.1) is 0 Å². The summed E-state index contributed by atoms with van der Waals surface area (Å²) in [6.45, 7) is 2.29. The first-order valence-corrected chi connectivity index (χ1v) is 4.92. The highest BCUT2D eigenvalue weighted by Crippen LogP contribution is 2.41. The molecule has 66 valence electrons. The van der Waals surface area contributed by atoms with Gasteiger partial charge in [0.2, 0.25) is 0 Å². The first kappa shape index (κ1) is 8.18. The van der Waals surface area contributed by atoms with Gasteiger partial charge in [0.25, 0.3) is 0 Å². The van der Waals surface area contributed by atoms with Crippen LogP contribution in [0.5, 0.6) is 0 Å². The second-order valence-corrected chi connectivity index (χ2v) is 4.60. The van der Waals surface area contributed by atoms with E-state index in [0.29, 0.717) is 10.8 Å². The van der Waals surface area contributed by atoms with Crippen molar-refractivity contribution in [3.63, 3.8) is 0 Å². The lowest BCUT2D eigenvalue weighted by molar-refractivity contribution is 0.479. The van der Waals surface area contributed by atoms with Crippen LogP contribution in [0.2, 0.25) is 0 Å². The molecule has 0 aromatic carbocycles. The van der Waals surface area contributed by atoms with Gasteiger partial charge in [0.15, 0.2) is 0 Å². The van der Waals surface area contributed by atoms with E-state index in [0.717, 1.165) is 12.8 Å². The Bertz CT molecular complexity index is 255. The van der Waals surface area contributed by atoms with Crippen LogP contribution in [-0.2, 0) is 5.41 Å². The highest BCUT2D eigenvalue weighted by Gasteiger charge is 2.36. The number of alkyl halides is 1. The fraction of sp³-hybridized carbons (Fsp3) is 0.600. The van der Waals surface area contributed by atoms with Crippen molar-refractivity contribution in [2.45, 2.75) is 37.0 Å². The molecule has 1 aliphatic rings. The number of nitrogens with one attached hydrogen (secondary N) is 1. The first-order valence-electron chi connectivity index (χ1n) is 4.49. The molecule has 2 heteroatoms. The van der Waals surface area contributed by atoms with Crippen molar-refractivity contribution >= 4 is 11.6 Å². The van der Waals surface area contributed by atoms with Gasteiger partial charge in [-0.05, 0) is 31.4 Å². The minimum absolute atomic E-state index is 0.302.